The summed E-state index contributed by atoms with van der Waals surface area (Å²) in [4.78, 5) is 0. The summed E-state index contributed by atoms with van der Waals surface area (Å²) in [5.41, 5.74) is 0. The van der Waals surface area contributed by atoms with Crippen molar-refractivity contribution in [2.24, 2.45) is 0 Å². The molecule has 64 valence electrons. The van der Waals surface area contributed by atoms with Crippen LogP contribution in [-0.4, -0.2) is 20.8 Å². The molecular weight excluding hydrogens is 175 g/mol. The van der Waals surface area contributed by atoms with Gasteiger partial charge in [0.1, 0.15) is 0 Å². The van der Waals surface area contributed by atoms with E-state index in [0.29, 0.717) is 13.0 Å². The van der Waals surface area contributed by atoms with Crippen LogP contribution in [0.5, 0.6) is 0 Å². The second-order valence-corrected chi connectivity index (χ2v) is 3.84. The van der Waals surface area contributed by atoms with Crippen LogP contribution in [0.2, 0.25) is 0 Å². The molecule has 0 aromatic rings. The summed E-state index contributed by atoms with van der Waals surface area (Å²) < 4.78 is 26.1. The van der Waals surface area contributed by atoms with Crippen LogP contribution >= 0.6 is 0 Å². The molecule has 5 heteroatoms. The molecule has 3 nitrogen and oxygen atoms in total. The molecule has 0 rings (SSSR count). The van der Waals surface area contributed by atoms with Crippen molar-refractivity contribution >= 4 is 10.1 Å². The van der Waals surface area contributed by atoms with Crippen LogP contribution in [0.4, 0.5) is 0 Å². The Kier molecular flexibility index (Phi) is 9.91. The van der Waals surface area contributed by atoms with Crippen LogP contribution in [0.1, 0.15) is 28.1 Å². The molecule has 0 spiro atoms. The topological polar surface area (TPSA) is 43.4 Å². The van der Waals surface area contributed by atoms with Crippen molar-refractivity contribution in [3.8, 4) is 0 Å². The molecule has 0 bridgehead atoms. The van der Waals surface area contributed by atoms with Gasteiger partial charge in [0, 0.05) is 0 Å². The molecule has 0 unspecified atom stereocenters. The summed E-state index contributed by atoms with van der Waals surface area (Å²) in [7, 11) is -3.19. The minimum atomic E-state index is -3.19. The minimum absolute atomic E-state index is 0. The maximum Gasteiger partial charge on any atom is 1.00 e. The molecule has 0 aromatic heterocycles. The fourth-order valence-corrected chi connectivity index (χ4v) is 1.56. The molecule has 0 radical (unpaired) electrons. The SMILES string of the molecule is CCCOS(=O)(=O)CCC.[H-].[Na+]. The normalized spacial score (nSPS) is 10.7. The standard InChI is InChI=1S/C6H14O3S.Na.H/c1-3-5-9-10(7,8)6-4-2;;/h3-6H2,1-2H3;;/q;+1;-1. The Morgan fingerprint density at radius 3 is 2.18 bits per heavy atom. The molecule has 0 heterocycles. The average Bonchev–Trinajstić information content (AvgIpc) is 1.84. The van der Waals surface area contributed by atoms with Crippen molar-refractivity contribution in [2.45, 2.75) is 26.7 Å². The van der Waals surface area contributed by atoms with Crippen LogP contribution in [0.3, 0.4) is 0 Å². The Balaban J connectivity index is -0.000000405. The smallest absolute Gasteiger partial charge is 1.00 e. The summed E-state index contributed by atoms with van der Waals surface area (Å²) in [5.74, 6) is 0.132. The van der Waals surface area contributed by atoms with Gasteiger partial charge in [-0.25, -0.2) is 0 Å². The summed E-state index contributed by atoms with van der Waals surface area (Å²) in [6.07, 6.45) is 1.36. The molecule has 11 heavy (non-hydrogen) atoms. The molecule has 0 aromatic carbocycles. The first-order valence-corrected chi connectivity index (χ1v) is 5.07. The van der Waals surface area contributed by atoms with Crippen LogP contribution < -0.4 is 29.6 Å². The molecule has 0 atom stereocenters. The largest absolute Gasteiger partial charge is 1.00 e. The van der Waals surface area contributed by atoms with E-state index in [1.54, 1.807) is 0 Å². The number of hydrogen-bond donors (Lipinski definition) is 0. The molecule has 0 aliphatic rings. The van der Waals surface area contributed by atoms with Gasteiger partial charge in [0.15, 0.2) is 0 Å². The van der Waals surface area contributed by atoms with Crippen LogP contribution in [-0.2, 0) is 14.3 Å². The van der Waals surface area contributed by atoms with Gasteiger partial charge >= 0.3 is 29.6 Å². The van der Waals surface area contributed by atoms with E-state index in [9.17, 15) is 8.42 Å². The van der Waals surface area contributed by atoms with E-state index in [-0.39, 0.29) is 36.7 Å². The van der Waals surface area contributed by atoms with Crippen molar-refractivity contribution in [1.82, 2.24) is 0 Å². The third kappa shape index (κ3) is 8.82. The zero-order valence-electron chi connectivity index (χ0n) is 8.46. The van der Waals surface area contributed by atoms with E-state index < -0.39 is 10.1 Å². The Bertz CT molecular complexity index is 170. The average molecular weight is 190 g/mol. The van der Waals surface area contributed by atoms with Crippen molar-refractivity contribution in [3.05, 3.63) is 0 Å². The van der Waals surface area contributed by atoms with Crippen LogP contribution in [0.15, 0.2) is 0 Å². The first-order chi connectivity index (χ1) is 4.62. The molecule has 0 saturated heterocycles. The van der Waals surface area contributed by atoms with E-state index in [2.05, 4.69) is 4.18 Å². The predicted octanol–water partition coefficient (Wildman–Crippen LogP) is -1.73. The second-order valence-electron chi connectivity index (χ2n) is 2.08. The second kappa shape index (κ2) is 7.55. The van der Waals surface area contributed by atoms with Gasteiger partial charge in [0.05, 0.1) is 12.4 Å². The molecule has 0 saturated carbocycles. The van der Waals surface area contributed by atoms with Crippen molar-refractivity contribution in [3.63, 3.8) is 0 Å². The summed E-state index contributed by atoms with van der Waals surface area (Å²) in [5, 5.41) is 0. The maximum atomic E-state index is 10.8. The molecule has 0 fully saturated rings. The van der Waals surface area contributed by atoms with Crippen LogP contribution in [0, 0.1) is 0 Å². The van der Waals surface area contributed by atoms with E-state index in [1.165, 1.54) is 0 Å². The Labute approximate surface area is 92.4 Å². The van der Waals surface area contributed by atoms with Gasteiger partial charge in [-0.2, -0.15) is 8.42 Å². The Morgan fingerprint density at radius 2 is 1.82 bits per heavy atom. The van der Waals surface area contributed by atoms with Gasteiger partial charge in [0.2, 0.25) is 0 Å². The molecule has 0 aliphatic carbocycles. The summed E-state index contributed by atoms with van der Waals surface area (Å²) >= 11 is 0. The first-order valence-electron chi connectivity index (χ1n) is 3.49. The summed E-state index contributed by atoms with van der Waals surface area (Å²) in [6.45, 7) is 4.00. The fourth-order valence-electron chi connectivity index (χ4n) is 0.519. The van der Waals surface area contributed by atoms with Gasteiger partial charge in [0.25, 0.3) is 10.1 Å². The monoisotopic (exact) mass is 190 g/mol. The van der Waals surface area contributed by atoms with Gasteiger partial charge in [-0.1, -0.05) is 13.8 Å². The zero-order chi connectivity index (χ0) is 8.04. The quantitative estimate of drug-likeness (QED) is 0.382. The molecule has 0 N–H and O–H groups in total. The molecule has 0 amide bonds. The number of rotatable bonds is 5. The van der Waals surface area contributed by atoms with Crippen molar-refractivity contribution < 1.29 is 43.6 Å². The zero-order valence-corrected chi connectivity index (χ0v) is 10.3. The Morgan fingerprint density at radius 1 is 1.27 bits per heavy atom. The molecule has 0 aliphatic heterocycles. The predicted molar refractivity (Wildman–Crippen MR) is 41.4 cm³/mol. The third-order valence-electron chi connectivity index (χ3n) is 0.921. The van der Waals surface area contributed by atoms with Gasteiger partial charge in [-0.05, 0) is 12.8 Å². The van der Waals surface area contributed by atoms with Crippen LogP contribution in [0.25, 0.3) is 0 Å². The maximum absolute atomic E-state index is 10.8. The van der Waals surface area contributed by atoms with Crippen molar-refractivity contribution in [2.75, 3.05) is 12.4 Å². The van der Waals surface area contributed by atoms with Gasteiger partial charge < -0.3 is 1.43 Å². The van der Waals surface area contributed by atoms with Gasteiger partial charge in [-0.15, -0.1) is 0 Å². The minimum Gasteiger partial charge on any atom is -1.00 e. The van der Waals surface area contributed by atoms with E-state index in [4.69, 9.17) is 0 Å². The number of hydrogen-bond acceptors (Lipinski definition) is 3. The molecular formula is C6H15NaO3S. The Hall–Kier alpha value is 0.910. The van der Waals surface area contributed by atoms with E-state index in [1.807, 2.05) is 13.8 Å². The van der Waals surface area contributed by atoms with E-state index >= 15 is 0 Å². The fraction of sp³-hybridized carbons (Fsp3) is 1.00. The van der Waals surface area contributed by atoms with Crippen molar-refractivity contribution in [1.29, 1.82) is 0 Å². The first kappa shape index (κ1) is 14.4. The van der Waals surface area contributed by atoms with Gasteiger partial charge in [-0.3, -0.25) is 4.18 Å². The third-order valence-corrected chi connectivity index (χ3v) is 2.36. The summed E-state index contributed by atoms with van der Waals surface area (Å²) in [6, 6.07) is 0. The van der Waals surface area contributed by atoms with E-state index in [0.717, 1.165) is 6.42 Å².